The van der Waals surface area contributed by atoms with Gasteiger partial charge >= 0.3 is 0 Å². The molecule has 3 rings (SSSR count). The maximum absolute atomic E-state index is 13.2. The fraction of sp³-hybridized carbons (Fsp3) is 0.741. The minimum atomic E-state index is -0.674. The molecular formula is C27H42O4. The Balaban J connectivity index is 1.76. The van der Waals surface area contributed by atoms with Crippen molar-refractivity contribution in [1.29, 1.82) is 0 Å². The summed E-state index contributed by atoms with van der Waals surface area (Å²) in [6, 6.07) is 0. The third kappa shape index (κ3) is 5.40. The molecule has 0 spiro atoms. The lowest BCUT2D eigenvalue weighted by atomic mass is 9.60. The molecule has 31 heavy (non-hydrogen) atoms. The summed E-state index contributed by atoms with van der Waals surface area (Å²) in [5.41, 5.74) is 2.32. The lowest BCUT2D eigenvalue weighted by Crippen LogP contribution is -2.37. The monoisotopic (exact) mass is 430 g/mol. The van der Waals surface area contributed by atoms with Crippen molar-refractivity contribution in [2.24, 2.45) is 23.2 Å². The lowest BCUT2D eigenvalue weighted by molar-refractivity contribution is -0.124. The molecular weight excluding hydrogens is 388 g/mol. The van der Waals surface area contributed by atoms with E-state index in [1.807, 2.05) is 19.9 Å². The number of hydrogen-bond acceptors (Lipinski definition) is 4. The van der Waals surface area contributed by atoms with Gasteiger partial charge in [-0.25, -0.2) is 0 Å². The third-order valence-corrected chi connectivity index (χ3v) is 8.17. The van der Waals surface area contributed by atoms with Crippen LogP contribution in [-0.4, -0.2) is 38.9 Å². The molecule has 0 aromatic rings. The summed E-state index contributed by atoms with van der Waals surface area (Å²) < 4.78 is 0. The largest absolute Gasteiger partial charge is 0.393 e. The molecule has 0 aromatic heterocycles. The van der Waals surface area contributed by atoms with Gasteiger partial charge in [0.2, 0.25) is 0 Å². The molecule has 3 aliphatic carbocycles. The molecule has 0 bridgehead atoms. The van der Waals surface area contributed by atoms with Crippen LogP contribution in [0.4, 0.5) is 0 Å². The first-order chi connectivity index (χ1) is 14.4. The van der Waals surface area contributed by atoms with Crippen LogP contribution in [0.2, 0.25) is 0 Å². The van der Waals surface area contributed by atoms with Crippen LogP contribution >= 0.6 is 0 Å². The van der Waals surface area contributed by atoms with Crippen molar-refractivity contribution >= 4 is 5.78 Å². The standard InChI is InChI=1S/C27H42O4/c1-17(8-6-12-26(3,4)31)25-24(30)16-22-19(9-7-13-27(22,25)5)10-11-20-14-21(28)15-23(29)18(20)2/h10-11,17,21-23,25,28-29,31H,2,6-9,12-16H2,1,3-5H3/b19-10+,20-11+/t17-,21-,22+,23+,25+,27-/m1/s1. The number of fused-ring (bicyclic) bond motifs is 1. The Labute approximate surface area is 188 Å². The number of aliphatic hydroxyl groups is 3. The Morgan fingerprint density at radius 1 is 1.26 bits per heavy atom. The molecule has 0 unspecified atom stereocenters. The van der Waals surface area contributed by atoms with Gasteiger partial charge in [-0.1, -0.05) is 44.6 Å². The second kappa shape index (κ2) is 9.33. The summed E-state index contributed by atoms with van der Waals surface area (Å²) in [6.45, 7) is 12.2. The van der Waals surface area contributed by atoms with E-state index in [9.17, 15) is 20.1 Å². The quantitative estimate of drug-likeness (QED) is 0.561. The number of aliphatic hydroxyl groups excluding tert-OH is 2. The van der Waals surface area contributed by atoms with Crippen molar-refractivity contribution in [1.82, 2.24) is 0 Å². The molecule has 3 saturated carbocycles. The van der Waals surface area contributed by atoms with Crippen molar-refractivity contribution in [3.63, 3.8) is 0 Å². The Kier molecular flexibility index (Phi) is 7.35. The van der Waals surface area contributed by atoms with Crippen LogP contribution in [0.3, 0.4) is 0 Å². The van der Waals surface area contributed by atoms with Gasteiger partial charge in [-0.2, -0.15) is 0 Å². The van der Waals surface area contributed by atoms with E-state index < -0.39 is 17.8 Å². The van der Waals surface area contributed by atoms with Gasteiger partial charge in [-0.15, -0.1) is 0 Å². The van der Waals surface area contributed by atoms with Gasteiger partial charge in [-0.3, -0.25) is 4.79 Å². The van der Waals surface area contributed by atoms with Crippen LogP contribution in [0.25, 0.3) is 0 Å². The Morgan fingerprint density at radius 2 is 1.97 bits per heavy atom. The summed E-state index contributed by atoms with van der Waals surface area (Å²) in [4.78, 5) is 13.2. The van der Waals surface area contributed by atoms with E-state index in [2.05, 4.69) is 26.5 Å². The molecule has 174 valence electrons. The molecule has 4 heteroatoms. The fourth-order valence-electron chi connectivity index (χ4n) is 6.53. The maximum Gasteiger partial charge on any atom is 0.137 e. The highest BCUT2D eigenvalue weighted by molar-refractivity contribution is 5.85. The molecule has 0 aromatic carbocycles. The minimum absolute atomic E-state index is 0.00355. The zero-order valence-corrected chi connectivity index (χ0v) is 19.9. The first-order valence-electron chi connectivity index (χ1n) is 12.1. The summed E-state index contributed by atoms with van der Waals surface area (Å²) in [6.07, 6.45) is 10.4. The van der Waals surface area contributed by atoms with Crippen molar-refractivity contribution in [2.45, 2.75) is 103 Å². The molecule has 0 radical (unpaired) electrons. The predicted octanol–water partition coefficient (Wildman–Crippen LogP) is 4.88. The normalized spacial score (nSPS) is 38.0. The Bertz CT molecular complexity index is 756. The average Bonchev–Trinajstić information content (AvgIpc) is 2.92. The highest BCUT2D eigenvalue weighted by atomic mass is 16.3. The van der Waals surface area contributed by atoms with Crippen LogP contribution < -0.4 is 0 Å². The summed E-state index contributed by atoms with van der Waals surface area (Å²) >= 11 is 0. The van der Waals surface area contributed by atoms with Crippen LogP contribution in [0.5, 0.6) is 0 Å². The molecule has 0 heterocycles. The van der Waals surface area contributed by atoms with Crippen LogP contribution in [0, 0.1) is 23.2 Å². The van der Waals surface area contributed by atoms with E-state index in [1.165, 1.54) is 5.57 Å². The van der Waals surface area contributed by atoms with Gasteiger partial charge < -0.3 is 15.3 Å². The van der Waals surface area contributed by atoms with E-state index in [0.29, 0.717) is 36.5 Å². The highest BCUT2D eigenvalue weighted by Gasteiger charge is 2.55. The first-order valence-corrected chi connectivity index (χ1v) is 12.1. The minimum Gasteiger partial charge on any atom is -0.393 e. The van der Waals surface area contributed by atoms with Crippen LogP contribution in [0.15, 0.2) is 35.5 Å². The number of rotatable bonds is 6. The van der Waals surface area contributed by atoms with Crippen molar-refractivity contribution in [2.75, 3.05) is 0 Å². The molecule has 3 N–H and O–H groups in total. The highest BCUT2D eigenvalue weighted by Crippen LogP contribution is 2.58. The predicted molar refractivity (Wildman–Crippen MR) is 124 cm³/mol. The molecule has 6 atom stereocenters. The van der Waals surface area contributed by atoms with Gasteiger partial charge in [0.25, 0.3) is 0 Å². The first kappa shape index (κ1) is 24.4. The number of carbonyl (C=O) groups excluding carboxylic acids is 1. The Morgan fingerprint density at radius 3 is 2.65 bits per heavy atom. The third-order valence-electron chi connectivity index (χ3n) is 8.17. The second-order valence-electron chi connectivity index (χ2n) is 11.3. The van der Waals surface area contributed by atoms with Crippen LogP contribution in [0.1, 0.15) is 85.5 Å². The summed E-state index contributed by atoms with van der Waals surface area (Å²) in [5.74, 6) is 1.09. The summed E-state index contributed by atoms with van der Waals surface area (Å²) in [5, 5.41) is 30.2. The number of allylic oxidation sites excluding steroid dienone is 3. The number of ketones is 1. The number of carbonyl (C=O) groups is 1. The van der Waals surface area contributed by atoms with Crippen molar-refractivity contribution in [3.8, 4) is 0 Å². The van der Waals surface area contributed by atoms with Gasteiger partial charge in [0, 0.05) is 18.8 Å². The average molecular weight is 431 g/mol. The maximum atomic E-state index is 13.2. The van der Waals surface area contributed by atoms with Crippen molar-refractivity contribution < 1.29 is 20.1 Å². The molecule has 3 fully saturated rings. The lowest BCUT2D eigenvalue weighted by Gasteiger charge is -2.43. The number of Topliss-reactive ketones (excluding diaryl/α,β-unsaturated/α-hetero) is 1. The topological polar surface area (TPSA) is 77.8 Å². The molecule has 0 saturated heterocycles. The zero-order chi connectivity index (χ0) is 23.0. The van der Waals surface area contributed by atoms with Gasteiger partial charge in [0.05, 0.1) is 17.8 Å². The molecule has 3 aliphatic rings. The van der Waals surface area contributed by atoms with Gasteiger partial charge in [-0.05, 0) is 80.8 Å². The SMILES string of the molecule is C=C1/C(=C/C=C2\CCC[C@@]3(C)[C@@H]([C@H](C)CCCC(C)(C)O)C(=O)C[C@@H]23)C[C@@H](O)C[C@@H]1O. The Hall–Kier alpha value is -1.23. The van der Waals surface area contributed by atoms with Crippen LogP contribution in [-0.2, 0) is 4.79 Å². The van der Waals surface area contributed by atoms with E-state index in [1.54, 1.807) is 0 Å². The van der Waals surface area contributed by atoms with E-state index in [0.717, 1.165) is 44.1 Å². The van der Waals surface area contributed by atoms with E-state index >= 15 is 0 Å². The number of hydrogen-bond donors (Lipinski definition) is 3. The van der Waals surface area contributed by atoms with E-state index in [-0.39, 0.29) is 17.3 Å². The van der Waals surface area contributed by atoms with Gasteiger partial charge in [0.1, 0.15) is 5.78 Å². The second-order valence-corrected chi connectivity index (χ2v) is 11.3. The van der Waals surface area contributed by atoms with Crippen molar-refractivity contribution in [3.05, 3.63) is 35.5 Å². The zero-order valence-electron chi connectivity index (χ0n) is 19.9. The molecule has 4 nitrogen and oxygen atoms in total. The fourth-order valence-corrected chi connectivity index (χ4v) is 6.53. The smallest absolute Gasteiger partial charge is 0.137 e. The molecule has 0 amide bonds. The van der Waals surface area contributed by atoms with E-state index in [4.69, 9.17) is 0 Å². The summed E-state index contributed by atoms with van der Waals surface area (Å²) in [7, 11) is 0. The molecule has 0 aliphatic heterocycles. The van der Waals surface area contributed by atoms with Gasteiger partial charge in [0.15, 0.2) is 0 Å².